The molecule has 3 aromatic rings. The third kappa shape index (κ3) is 4.91. The van der Waals surface area contributed by atoms with Crippen molar-refractivity contribution in [3.63, 3.8) is 0 Å². The molecule has 9 heteroatoms. The summed E-state index contributed by atoms with van der Waals surface area (Å²) in [6, 6.07) is 15.1. The molecule has 0 atom stereocenters. The summed E-state index contributed by atoms with van der Waals surface area (Å²) >= 11 is 1.41. The molecular formula is C25H26N2O5S2. The van der Waals surface area contributed by atoms with E-state index in [0.717, 1.165) is 41.7 Å². The van der Waals surface area contributed by atoms with E-state index >= 15 is 0 Å². The number of hydrogen-bond donors (Lipinski definition) is 1. The number of anilines is 1. The smallest absolute Gasteiger partial charge is 0.341 e. The predicted octanol–water partition coefficient (Wildman–Crippen LogP) is 4.49. The van der Waals surface area contributed by atoms with Crippen molar-refractivity contribution in [2.75, 3.05) is 19.5 Å². The highest BCUT2D eigenvalue weighted by Gasteiger charge is 2.27. The molecule has 1 amide bonds. The van der Waals surface area contributed by atoms with Crippen LogP contribution >= 0.6 is 11.3 Å². The fourth-order valence-corrected chi connectivity index (χ4v) is 6.46. The van der Waals surface area contributed by atoms with Crippen LogP contribution in [-0.2, 0) is 34.1 Å². The lowest BCUT2D eigenvalue weighted by molar-refractivity contribution is 0.0601. The lowest BCUT2D eigenvalue weighted by Gasteiger charge is -2.17. The number of esters is 1. The highest BCUT2D eigenvalue weighted by Crippen LogP contribution is 2.38. The molecule has 178 valence electrons. The average molecular weight is 499 g/mol. The predicted molar refractivity (Wildman–Crippen MR) is 132 cm³/mol. The van der Waals surface area contributed by atoms with Crippen molar-refractivity contribution in [1.29, 1.82) is 0 Å². The van der Waals surface area contributed by atoms with Gasteiger partial charge in [-0.25, -0.2) is 13.2 Å². The van der Waals surface area contributed by atoms with Crippen LogP contribution in [0.1, 0.15) is 49.6 Å². The summed E-state index contributed by atoms with van der Waals surface area (Å²) in [6.07, 6.45) is 3.71. The Bertz CT molecular complexity index is 1300. The Morgan fingerprint density at radius 3 is 2.38 bits per heavy atom. The molecule has 0 bridgehead atoms. The molecule has 0 saturated carbocycles. The summed E-state index contributed by atoms with van der Waals surface area (Å²) in [7, 11) is -0.868. The largest absolute Gasteiger partial charge is 0.465 e. The molecule has 0 spiro atoms. The van der Waals surface area contributed by atoms with Crippen molar-refractivity contribution in [3.8, 4) is 0 Å². The highest BCUT2D eigenvalue weighted by atomic mass is 32.2. The number of amides is 1. The van der Waals surface area contributed by atoms with E-state index in [2.05, 4.69) is 5.32 Å². The standard InChI is InChI=1S/C25H26N2O5S2/c1-27(16-17-8-4-3-5-9-17)34(30,31)19-14-12-18(13-15-19)23(28)26-24-22(25(29)32-2)20-10-6-7-11-21(20)33-24/h3-5,8-9,12-15H,6-7,10-11,16H2,1-2H3,(H,26,28). The number of aryl methyl sites for hydroxylation is 1. The van der Waals surface area contributed by atoms with Crippen molar-refractivity contribution in [2.24, 2.45) is 0 Å². The van der Waals surface area contributed by atoms with E-state index in [4.69, 9.17) is 4.74 Å². The van der Waals surface area contributed by atoms with Gasteiger partial charge in [0, 0.05) is 24.0 Å². The number of fused-ring (bicyclic) bond motifs is 1. The molecule has 0 unspecified atom stereocenters. The Balaban J connectivity index is 1.52. The van der Waals surface area contributed by atoms with E-state index in [1.54, 1.807) is 0 Å². The SMILES string of the molecule is COC(=O)c1c(NC(=O)c2ccc(S(=O)(=O)N(C)Cc3ccccc3)cc2)sc2c1CCCC2. The van der Waals surface area contributed by atoms with Crippen molar-refractivity contribution in [1.82, 2.24) is 4.31 Å². The minimum atomic E-state index is -3.72. The summed E-state index contributed by atoms with van der Waals surface area (Å²) in [6.45, 7) is 0.241. The maximum Gasteiger partial charge on any atom is 0.341 e. The Kier molecular flexibility index (Phi) is 7.16. The van der Waals surface area contributed by atoms with Crippen molar-refractivity contribution in [2.45, 2.75) is 37.1 Å². The average Bonchev–Trinajstić information content (AvgIpc) is 3.22. The van der Waals surface area contributed by atoms with Gasteiger partial charge in [0.25, 0.3) is 5.91 Å². The first kappa shape index (κ1) is 24.1. The molecule has 0 fully saturated rings. The number of ether oxygens (including phenoxy) is 1. The molecule has 4 rings (SSSR count). The van der Waals surface area contributed by atoms with Crippen molar-refractivity contribution >= 4 is 38.2 Å². The first-order valence-electron chi connectivity index (χ1n) is 11.0. The quantitative estimate of drug-likeness (QED) is 0.485. The van der Waals surface area contributed by atoms with Gasteiger partial charge in [-0.15, -0.1) is 11.3 Å². The Labute approximate surface area is 203 Å². The van der Waals surface area contributed by atoms with Crippen LogP contribution in [0.5, 0.6) is 0 Å². The summed E-state index contributed by atoms with van der Waals surface area (Å²) in [4.78, 5) is 26.5. The molecule has 1 aromatic heterocycles. The summed E-state index contributed by atoms with van der Waals surface area (Å²) in [5.74, 6) is -0.872. The number of nitrogens with one attached hydrogen (secondary N) is 1. The third-order valence-corrected chi connectivity index (χ3v) is 8.89. The van der Waals surface area contributed by atoms with Crippen LogP contribution in [0.2, 0.25) is 0 Å². The van der Waals surface area contributed by atoms with Crippen LogP contribution in [0.25, 0.3) is 0 Å². The monoisotopic (exact) mass is 498 g/mol. The number of carbonyl (C=O) groups excluding carboxylic acids is 2. The summed E-state index contributed by atoms with van der Waals surface area (Å²) < 4.78 is 32.1. The number of carbonyl (C=O) groups is 2. The second-order valence-corrected chi connectivity index (χ2v) is 11.3. The van der Waals surface area contributed by atoms with Gasteiger partial charge in [0.05, 0.1) is 17.6 Å². The fraction of sp³-hybridized carbons (Fsp3) is 0.280. The van der Waals surface area contributed by atoms with E-state index < -0.39 is 21.9 Å². The molecule has 0 aliphatic heterocycles. The third-order valence-electron chi connectivity index (χ3n) is 5.86. The molecule has 1 aliphatic carbocycles. The van der Waals surface area contributed by atoms with Crippen LogP contribution < -0.4 is 5.32 Å². The number of hydrogen-bond acceptors (Lipinski definition) is 6. The molecule has 1 heterocycles. The van der Waals surface area contributed by atoms with Gasteiger partial charge < -0.3 is 10.1 Å². The maximum atomic E-state index is 12.9. The molecular weight excluding hydrogens is 472 g/mol. The van der Waals surface area contributed by atoms with Gasteiger partial charge >= 0.3 is 5.97 Å². The van der Waals surface area contributed by atoms with E-state index in [1.807, 2.05) is 30.3 Å². The number of thiophene rings is 1. The second-order valence-electron chi connectivity index (χ2n) is 8.13. The number of benzene rings is 2. The van der Waals surface area contributed by atoms with Gasteiger partial charge in [-0.1, -0.05) is 30.3 Å². The summed E-state index contributed by atoms with van der Waals surface area (Å²) in [5.41, 5.74) is 2.56. The minimum absolute atomic E-state index is 0.101. The molecule has 0 saturated heterocycles. The lowest BCUT2D eigenvalue weighted by atomic mass is 9.95. The van der Waals surface area contributed by atoms with E-state index in [0.29, 0.717) is 16.1 Å². The van der Waals surface area contributed by atoms with Gasteiger partial charge in [0.2, 0.25) is 10.0 Å². The van der Waals surface area contributed by atoms with Crippen molar-refractivity contribution in [3.05, 3.63) is 81.7 Å². The van der Waals surface area contributed by atoms with Gasteiger partial charge in [0.1, 0.15) is 5.00 Å². The Morgan fingerprint density at radius 1 is 1.03 bits per heavy atom. The van der Waals surface area contributed by atoms with E-state index in [-0.39, 0.29) is 11.4 Å². The van der Waals surface area contributed by atoms with Crippen LogP contribution in [0.15, 0.2) is 59.5 Å². The molecule has 0 radical (unpaired) electrons. The van der Waals surface area contributed by atoms with E-state index in [9.17, 15) is 18.0 Å². The zero-order valence-corrected chi connectivity index (χ0v) is 20.7. The van der Waals surface area contributed by atoms with E-state index in [1.165, 1.54) is 54.1 Å². The van der Waals surface area contributed by atoms with Gasteiger partial charge in [-0.05, 0) is 61.1 Å². The maximum absolute atomic E-state index is 12.9. The molecule has 7 nitrogen and oxygen atoms in total. The first-order valence-corrected chi connectivity index (χ1v) is 13.2. The van der Waals surface area contributed by atoms with Gasteiger partial charge in [-0.2, -0.15) is 4.31 Å². The van der Waals surface area contributed by atoms with Crippen LogP contribution in [-0.4, -0.2) is 38.8 Å². The normalized spacial score (nSPS) is 13.4. The lowest BCUT2D eigenvalue weighted by Crippen LogP contribution is -2.26. The highest BCUT2D eigenvalue weighted by molar-refractivity contribution is 7.89. The Hall–Kier alpha value is -3.01. The Morgan fingerprint density at radius 2 is 1.71 bits per heavy atom. The minimum Gasteiger partial charge on any atom is -0.465 e. The fourth-order valence-electron chi connectivity index (χ4n) is 4.03. The van der Waals surface area contributed by atoms with Crippen molar-refractivity contribution < 1.29 is 22.7 Å². The zero-order chi connectivity index (χ0) is 24.3. The van der Waals surface area contributed by atoms with Crippen LogP contribution in [0, 0.1) is 0 Å². The summed E-state index contributed by atoms with van der Waals surface area (Å²) in [5, 5.41) is 3.31. The molecule has 34 heavy (non-hydrogen) atoms. The zero-order valence-electron chi connectivity index (χ0n) is 19.0. The molecule has 1 N–H and O–H groups in total. The number of methoxy groups -OCH3 is 1. The first-order chi connectivity index (χ1) is 16.3. The second kappa shape index (κ2) is 10.1. The van der Waals surface area contributed by atoms with Crippen LogP contribution in [0.4, 0.5) is 5.00 Å². The van der Waals surface area contributed by atoms with Gasteiger partial charge in [0.15, 0.2) is 0 Å². The number of sulfonamides is 1. The van der Waals surface area contributed by atoms with Gasteiger partial charge in [-0.3, -0.25) is 4.79 Å². The topological polar surface area (TPSA) is 92.8 Å². The number of rotatable bonds is 7. The molecule has 1 aliphatic rings. The van der Waals surface area contributed by atoms with Crippen LogP contribution in [0.3, 0.4) is 0 Å². The number of nitrogens with zero attached hydrogens (tertiary/aromatic N) is 1. The molecule has 2 aromatic carbocycles.